The number of imidazole rings is 1. The van der Waals surface area contributed by atoms with Gasteiger partial charge in [0.2, 0.25) is 0 Å². The Balaban J connectivity index is 2.16. The van der Waals surface area contributed by atoms with Crippen molar-refractivity contribution >= 4 is 23.6 Å². The van der Waals surface area contributed by atoms with Crippen molar-refractivity contribution in [2.24, 2.45) is 0 Å². The molecule has 0 atom stereocenters. The van der Waals surface area contributed by atoms with E-state index in [0.717, 1.165) is 36.5 Å². The number of hydrogen-bond donors (Lipinski definition) is 2. The zero-order valence-electron chi connectivity index (χ0n) is 9.67. The highest BCUT2D eigenvalue weighted by Crippen LogP contribution is 2.19. The Hall–Kier alpha value is -1.37. The molecule has 1 aromatic carbocycles. The van der Waals surface area contributed by atoms with Crippen LogP contribution < -0.4 is 5.46 Å². The lowest BCUT2D eigenvalue weighted by Crippen LogP contribution is -2.31. The zero-order valence-corrected chi connectivity index (χ0v) is 9.67. The number of benzene rings is 1. The van der Waals surface area contributed by atoms with Gasteiger partial charge in [-0.25, -0.2) is 4.98 Å². The predicted molar refractivity (Wildman–Crippen MR) is 65.9 cm³/mol. The van der Waals surface area contributed by atoms with E-state index in [1.807, 2.05) is 12.1 Å². The first-order valence-corrected chi connectivity index (χ1v) is 5.69. The summed E-state index contributed by atoms with van der Waals surface area (Å²) >= 11 is 0. The van der Waals surface area contributed by atoms with Gasteiger partial charge in [-0.15, -0.1) is 0 Å². The zero-order chi connectivity index (χ0) is 12.0. The second-order valence-corrected chi connectivity index (χ2v) is 4.54. The second-order valence-electron chi connectivity index (χ2n) is 4.54. The highest BCUT2D eigenvalue weighted by atomic mass is 16.4. The average molecular weight is 231 g/mol. The van der Waals surface area contributed by atoms with Crippen LogP contribution in [0, 0.1) is 0 Å². The van der Waals surface area contributed by atoms with Gasteiger partial charge in [0.25, 0.3) is 0 Å². The van der Waals surface area contributed by atoms with Crippen LogP contribution >= 0.6 is 0 Å². The minimum atomic E-state index is -1.42. The molecule has 88 valence electrons. The van der Waals surface area contributed by atoms with Gasteiger partial charge in [-0.05, 0) is 24.6 Å². The number of aromatic nitrogens is 2. The third-order valence-corrected chi connectivity index (χ3v) is 3.27. The van der Waals surface area contributed by atoms with Gasteiger partial charge in [0.15, 0.2) is 0 Å². The number of likely N-dealkylation sites (N-methyl/N-ethyl adjacent to an activating group) is 1. The fraction of sp³-hybridized carbons (Fsp3) is 0.364. The quantitative estimate of drug-likeness (QED) is 0.628. The van der Waals surface area contributed by atoms with Crippen molar-refractivity contribution in [2.75, 3.05) is 13.6 Å². The molecular weight excluding hydrogens is 217 g/mol. The standard InChI is InChI=1S/C11H14BN3O2/c1-14-4-5-15-10-6-8(12(16)17)2-3-9(10)13-11(15)7-14/h2-3,6,16-17H,4-5,7H2,1H3. The fourth-order valence-corrected chi connectivity index (χ4v) is 2.31. The highest BCUT2D eigenvalue weighted by molar-refractivity contribution is 6.58. The lowest BCUT2D eigenvalue weighted by atomic mass is 9.80. The molecule has 1 aromatic heterocycles. The van der Waals surface area contributed by atoms with E-state index in [2.05, 4.69) is 21.5 Å². The van der Waals surface area contributed by atoms with Gasteiger partial charge >= 0.3 is 7.12 Å². The SMILES string of the molecule is CN1CCn2c(nc3ccc(B(O)O)cc32)C1. The molecule has 0 spiro atoms. The van der Waals surface area contributed by atoms with Crippen molar-refractivity contribution in [1.29, 1.82) is 0 Å². The largest absolute Gasteiger partial charge is 0.488 e. The summed E-state index contributed by atoms with van der Waals surface area (Å²) in [6.07, 6.45) is 0. The van der Waals surface area contributed by atoms with Crippen LogP contribution in [0.15, 0.2) is 18.2 Å². The molecule has 0 saturated heterocycles. The molecule has 0 aliphatic carbocycles. The van der Waals surface area contributed by atoms with E-state index in [1.165, 1.54) is 0 Å². The molecular formula is C11H14BN3O2. The smallest absolute Gasteiger partial charge is 0.423 e. The maximum atomic E-state index is 9.18. The Labute approximate surface area is 99.4 Å². The van der Waals surface area contributed by atoms with Crippen molar-refractivity contribution in [3.8, 4) is 0 Å². The minimum Gasteiger partial charge on any atom is -0.423 e. The second kappa shape index (κ2) is 3.84. The fourth-order valence-electron chi connectivity index (χ4n) is 2.31. The molecule has 17 heavy (non-hydrogen) atoms. The van der Waals surface area contributed by atoms with Crippen molar-refractivity contribution < 1.29 is 10.0 Å². The maximum absolute atomic E-state index is 9.18. The summed E-state index contributed by atoms with van der Waals surface area (Å²) < 4.78 is 2.15. The third kappa shape index (κ3) is 1.74. The van der Waals surface area contributed by atoms with E-state index < -0.39 is 7.12 Å². The van der Waals surface area contributed by atoms with Crippen LogP contribution in [0.2, 0.25) is 0 Å². The third-order valence-electron chi connectivity index (χ3n) is 3.27. The van der Waals surface area contributed by atoms with Gasteiger partial charge in [-0.1, -0.05) is 6.07 Å². The van der Waals surface area contributed by atoms with Gasteiger partial charge in [-0.3, -0.25) is 4.90 Å². The van der Waals surface area contributed by atoms with Crippen LogP contribution in [-0.2, 0) is 13.1 Å². The van der Waals surface area contributed by atoms with Gasteiger partial charge in [0, 0.05) is 13.1 Å². The summed E-state index contributed by atoms with van der Waals surface area (Å²) in [6.45, 7) is 2.73. The Morgan fingerprint density at radius 1 is 1.29 bits per heavy atom. The number of hydrogen-bond acceptors (Lipinski definition) is 4. The first-order valence-electron chi connectivity index (χ1n) is 5.69. The Bertz CT molecular complexity index is 567. The Morgan fingerprint density at radius 3 is 2.88 bits per heavy atom. The molecule has 6 heteroatoms. The molecule has 3 rings (SSSR count). The first kappa shape index (κ1) is 10.8. The summed E-state index contributed by atoms with van der Waals surface area (Å²) in [5, 5.41) is 18.4. The van der Waals surface area contributed by atoms with Crippen LogP contribution in [0.1, 0.15) is 5.82 Å². The van der Waals surface area contributed by atoms with Gasteiger partial charge in [0.05, 0.1) is 17.6 Å². The molecule has 2 heterocycles. The average Bonchev–Trinajstić information content (AvgIpc) is 2.64. The molecule has 2 N–H and O–H groups in total. The lowest BCUT2D eigenvalue weighted by Gasteiger charge is -2.23. The van der Waals surface area contributed by atoms with Crippen LogP contribution in [-0.4, -0.2) is 45.2 Å². The summed E-state index contributed by atoms with van der Waals surface area (Å²) in [4.78, 5) is 6.79. The first-order chi connectivity index (χ1) is 8.15. The van der Waals surface area contributed by atoms with Crippen molar-refractivity contribution in [3.63, 3.8) is 0 Å². The van der Waals surface area contributed by atoms with E-state index in [9.17, 15) is 10.0 Å². The maximum Gasteiger partial charge on any atom is 0.488 e. The normalized spacial score (nSPS) is 16.2. The summed E-state index contributed by atoms with van der Waals surface area (Å²) in [5.74, 6) is 1.04. The van der Waals surface area contributed by atoms with Crippen LogP contribution in [0.4, 0.5) is 0 Å². The van der Waals surface area contributed by atoms with Crippen LogP contribution in [0.3, 0.4) is 0 Å². The number of fused-ring (bicyclic) bond motifs is 3. The Morgan fingerprint density at radius 2 is 2.12 bits per heavy atom. The van der Waals surface area contributed by atoms with Crippen molar-refractivity contribution in [1.82, 2.24) is 14.5 Å². The summed E-state index contributed by atoms with van der Waals surface area (Å²) in [7, 11) is 0.656. The van der Waals surface area contributed by atoms with E-state index >= 15 is 0 Å². The number of nitrogens with zero attached hydrogens (tertiary/aromatic N) is 3. The molecule has 5 nitrogen and oxygen atoms in total. The monoisotopic (exact) mass is 231 g/mol. The minimum absolute atomic E-state index is 0.513. The molecule has 0 amide bonds. The summed E-state index contributed by atoms with van der Waals surface area (Å²) in [6, 6.07) is 5.35. The molecule has 1 aliphatic rings. The highest BCUT2D eigenvalue weighted by Gasteiger charge is 2.19. The predicted octanol–water partition coefficient (Wildman–Crippen LogP) is -0.838. The van der Waals surface area contributed by atoms with Gasteiger partial charge in [-0.2, -0.15) is 0 Å². The Kier molecular flexibility index (Phi) is 2.43. The molecule has 0 bridgehead atoms. The molecule has 0 unspecified atom stereocenters. The molecule has 2 aromatic rings. The van der Waals surface area contributed by atoms with E-state index in [1.54, 1.807) is 6.07 Å². The molecule has 0 fully saturated rings. The molecule has 1 aliphatic heterocycles. The van der Waals surface area contributed by atoms with E-state index in [4.69, 9.17) is 0 Å². The lowest BCUT2D eigenvalue weighted by molar-refractivity contribution is 0.267. The van der Waals surface area contributed by atoms with E-state index in [0.29, 0.717) is 5.46 Å². The van der Waals surface area contributed by atoms with Crippen LogP contribution in [0.25, 0.3) is 11.0 Å². The number of rotatable bonds is 1. The summed E-state index contributed by atoms with van der Waals surface area (Å²) in [5.41, 5.74) is 2.41. The van der Waals surface area contributed by atoms with Crippen molar-refractivity contribution in [3.05, 3.63) is 24.0 Å². The van der Waals surface area contributed by atoms with E-state index in [-0.39, 0.29) is 0 Å². The topological polar surface area (TPSA) is 61.5 Å². The van der Waals surface area contributed by atoms with Gasteiger partial charge < -0.3 is 14.6 Å². The molecule has 0 radical (unpaired) electrons. The van der Waals surface area contributed by atoms with Crippen molar-refractivity contribution in [2.45, 2.75) is 13.1 Å². The van der Waals surface area contributed by atoms with Crippen LogP contribution in [0.5, 0.6) is 0 Å². The van der Waals surface area contributed by atoms with Gasteiger partial charge in [0.1, 0.15) is 5.82 Å². The molecule has 0 saturated carbocycles.